The number of fused-ring (bicyclic) bond motifs is 1. The van der Waals surface area contributed by atoms with E-state index < -0.39 is 0 Å². The fourth-order valence-electron chi connectivity index (χ4n) is 2.58. The van der Waals surface area contributed by atoms with Crippen molar-refractivity contribution in [1.82, 2.24) is 4.98 Å². The third-order valence-electron chi connectivity index (χ3n) is 4.23. The molecular weight excluding hydrogens is 234 g/mol. The highest BCUT2D eigenvalue weighted by Crippen LogP contribution is 2.33. The van der Waals surface area contributed by atoms with E-state index >= 15 is 0 Å². The summed E-state index contributed by atoms with van der Waals surface area (Å²) >= 11 is 0. The second-order valence-electron chi connectivity index (χ2n) is 5.07. The minimum absolute atomic E-state index is 0.109. The van der Waals surface area contributed by atoms with Crippen LogP contribution in [0, 0.1) is 0 Å². The molecule has 3 N–H and O–H groups in total. The first-order valence-corrected chi connectivity index (χ1v) is 7.07. The van der Waals surface area contributed by atoms with Crippen LogP contribution in [-0.4, -0.2) is 10.5 Å². The monoisotopic (exact) mass is 257 g/mol. The summed E-state index contributed by atoms with van der Waals surface area (Å²) in [5.41, 5.74) is 8.97. The van der Waals surface area contributed by atoms with Gasteiger partial charge in [-0.15, -0.1) is 0 Å². The second-order valence-corrected chi connectivity index (χ2v) is 5.07. The van der Waals surface area contributed by atoms with Gasteiger partial charge in [0, 0.05) is 10.9 Å². The first kappa shape index (κ1) is 13.7. The summed E-state index contributed by atoms with van der Waals surface area (Å²) < 4.78 is 0. The molecule has 0 radical (unpaired) electrons. The molecule has 0 amide bonds. The Kier molecular flexibility index (Phi) is 3.93. The van der Waals surface area contributed by atoms with Gasteiger partial charge >= 0.3 is 0 Å². The van der Waals surface area contributed by atoms with Crippen molar-refractivity contribution in [3.05, 3.63) is 30.5 Å². The number of aromatic nitrogens is 1. The number of nitrogen functional groups attached to an aromatic ring is 1. The third-order valence-corrected chi connectivity index (χ3v) is 4.23. The zero-order chi connectivity index (χ0) is 13.9. The molecule has 0 saturated heterocycles. The number of para-hydroxylation sites is 1. The molecule has 0 fully saturated rings. The minimum atomic E-state index is 0.109. The van der Waals surface area contributed by atoms with Gasteiger partial charge in [0.15, 0.2) is 0 Å². The number of rotatable bonds is 5. The maximum Gasteiger partial charge on any atom is 0.0743 e. The van der Waals surface area contributed by atoms with Gasteiger partial charge in [-0.25, -0.2) is 0 Å². The smallest absolute Gasteiger partial charge is 0.0743 e. The zero-order valence-electron chi connectivity index (χ0n) is 12.0. The van der Waals surface area contributed by atoms with Crippen molar-refractivity contribution in [1.29, 1.82) is 0 Å². The maximum atomic E-state index is 6.13. The predicted octanol–water partition coefficient (Wildman–Crippen LogP) is 4.20. The van der Waals surface area contributed by atoms with Crippen molar-refractivity contribution >= 4 is 22.3 Å². The molecule has 1 aromatic carbocycles. The molecule has 1 heterocycles. The Morgan fingerprint density at radius 1 is 1.11 bits per heavy atom. The lowest BCUT2D eigenvalue weighted by Crippen LogP contribution is -2.36. The van der Waals surface area contributed by atoms with Crippen molar-refractivity contribution in [3.8, 4) is 0 Å². The molecular formula is C16H23N3. The summed E-state index contributed by atoms with van der Waals surface area (Å²) in [4.78, 5) is 4.38. The lowest BCUT2D eigenvalue weighted by molar-refractivity contribution is 0.421. The summed E-state index contributed by atoms with van der Waals surface area (Å²) in [6.45, 7) is 6.67. The number of hydrogen-bond donors (Lipinski definition) is 2. The summed E-state index contributed by atoms with van der Waals surface area (Å²) in [5.74, 6) is 0. The molecule has 3 heteroatoms. The first-order chi connectivity index (χ1) is 9.15. The van der Waals surface area contributed by atoms with Crippen molar-refractivity contribution in [2.45, 2.75) is 45.6 Å². The largest absolute Gasteiger partial charge is 0.396 e. The average Bonchev–Trinajstić information content (AvgIpc) is 2.47. The van der Waals surface area contributed by atoms with E-state index in [-0.39, 0.29) is 5.54 Å². The molecule has 0 unspecified atom stereocenters. The Bertz CT molecular complexity index is 551. The van der Waals surface area contributed by atoms with Crippen LogP contribution < -0.4 is 11.1 Å². The standard InChI is InChI=1S/C16H23N3/c1-4-16(5-2,6-3)19-15-12-9-7-8-10-14(12)18-11-13(15)17/h7-11H,4-6,17H2,1-3H3,(H,18,19). The molecule has 0 atom stereocenters. The maximum absolute atomic E-state index is 6.13. The topological polar surface area (TPSA) is 50.9 Å². The van der Waals surface area contributed by atoms with Crippen LogP contribution in [0.5, 0.6) is 0 Å². The highest BCUT2D eigenvalue weighted by atomic mass is 15.0. The van der Waals surface area contributed by atoms with Crippen molar-refractivity contribution in [2.24, 2.45) is 0 Å². The van der Waals surface area contributed by atoms with Gasteiger partial charge in [-0.2, -0.15) is 0 Å². The van der Waals surface area contributed by atoms with Crippen LogP contribution >= 0.6 is 0 Å². The van der Waals surface area contributed by atoms with Crippen molar-refractivity contribution in [3.63, 3.8) is 0 Å². The number of benzene rings is 1. The van der Waals surface area contributed by atoms with Crippen LogP contribution in [0.3, 0.4) is 0 Å². The molecule has 2 rings (SSSR count). The fraction of sp³-hybridized carbons (Fsp3) is 0.438. The molecule has 0 aliphatic rings. The summed E-state index contributed by atoms with van der Waals surface area (Å²) in [6, 6.07) is 8.13. The van der Waals surface area contributed by atoms with Gasteiger partial charge in [0.25, 0.3) is 0 Å². The van der Waals surface area contributed by atoms with Crippen LogP contribution in [0.15, 0.2) is 30.5 Å². The summed E-state index contributed by atoms with van der Waals surface area (Å²) in [6.07, 6.45) is 4.98. The van der Waals surface area contributed by atoms with Crippen molar-refractivity contribution in [2.75, 3.05) is 11.1 Å². The summed E-state index contributed by atoms with van der Waals surface area (Å²) in [5, 5.41) is 4.79. The molecule has 0 saturated carbocycles. The van der Waals surface area contributed by atoms with Gasteiger partial charge in [0.05, 0.1) is 23.1 Å². The Morgan fingerprint density at radius 3 is 2.37 bits per heavy atom. The van der Waals surface area contributed by atoms with E-state index in [1.165, 1.54) is 0 Å². The molecule has 0 aliphatic carbocycles. The average molecular weight is 257 g/mol. The van der Waals surface area contributed by atoms with Crippen LogP contribution in [0.25, 0.3) is 10.9 Å². The molecule has 2 aromatic rings. The van der Waals surface area contributed by atoms with Crippen LogP contribution in [-0.2, 0) is 0 Å². The van der Waals surface area contributed by atoms with Crippen LogP contribution in [0.4, 0.5) is 11.4 Å². The summed E-state index contributed by atoms with van der Waals surface area (Å²) in [7, 11) is 0. The number of nitrogens with zero attached hydrogens (tertiary/aromatic N) is 1. The molecule has 3 nitrogen and oxygen atoms in total. The normalized spacial score (nSPS) is 11.7. The van der Waals surface area contributed by atoms with E-state index in [9.17, 15) is 0 Å². The molecule has 0 aliphatic heterocycles. The number of pyridine rings is 1. The number of anilines is 2. The van der Waals surface area contributed by atoms with E-state index in [0.717, 1.165) is 41.5 Å². The lowest BCUT2D eigenvalue weighted by atomic mass is 9.89. The predicted molar refractivity (Wildman–Crippen MR) is 83.4 cm³/mol. The number of hydrogen-bond acceptors (Lipinski definition) is 3. The molecule has 1 aromatic heterocycles. The lowest BCUT2D eigenvalue weighted by Gasteiger charge is -2.34. The van der Waals surface area contributed by atoms with E-state index in [0.29, 0.717) is 0 Å². The van der Waals surface area contributed by atoms with Gasteiger partial charge in [-0.1, -0.05) is 39.0 Å². The Morgan fingerprint density at radius 2 is 1.74 bits per heavy atom. The van der Waals surface area contributed by atoms with Gasteiger partial charge in [0.1, 0.15) is 0 Å². The molecule has 0 bridgehead atoms. The Balaban J connectivity index is 2.52. The van der Waals surface area contributed by atoms with Gasteiger partial charge in [-0.3, -0.25) is 4.98 Å². The number of nitrogens with two attached hydrogens (primary N) is 1. The van der Waals surface area contributed by atoms with E-state index in [1.807, 2.05) is 18.2 Å². The Hall–Kier alpha value is -1.77. The van der Waals surface area contributed by atoms with E-state index in [4.69, 9.17) is 5.73 Å². The van der Waals surface area contributed by atoms with E-state index in [2.05, 4.69) is 37.1 Å². The molecule has 19 heavy (non-hydrogen) atoms. The van der Waals surface area contributed by atoms with Crippen LogP contribution in [0.2, 0.25) is 0 Å². The minimum Gasteiger partial charge on any atom is -0.396 e. The quantitative estimate of drug-likeness (QED) is 0.844. The van der Waals surface area contributed by atoms with Crippen LogP contribution in [0.1, 0.15) is 40.0 Å². The third kappa shape index (κ3) is 2.50. The molecule has 0 spiro atoms. The highest BCUT2D eigenvalue weighted by Gasteiger charge is 2.25. The van der Waals surface area contributed by atoms with Gasteiger partial charge < -0.3 is 11.1 Å². The van der Waals surface area contributed by atoms with E-state index in [1.54, 1.807) is 6.20 Å². The van der Waals surface area contributed by atoms with Crippen molar-refractivity contribution < 1.29 is 0 Å². The van der Waals surface area contributed by atoms with Gasteiger partial charge in [-0.05, 0) is 25.3 Å². The first-order valence-electron chi connectivity index (χ1n) is 7.07. The second kappa shape index (κ2) is 5.47. The van der Waals surface area contributed by atoms with Gasteiger partial charge in [0.2, 0.25) is 0 Å². The SMILES string of the molecule is CCC(CC)(CC)Nc1c(N)cnc2ccccc12. The fourth-order valence-corrected chi connectivity index (χ4v) is 2.58. The highest BCUT2D eigenvalue weighted by molar-refractivity contribution is 5.97. The zero-order valence-corrected chi connectivity index (χ0v) is 12.0. The number of nitrogens with one attached hydrogen (secondary N) is 1. The molecule has 102 valence electrons. The Labute approximate surface area is 115 Å².